The highest BCUT2D eigenvalue weighted by atomic mass is 15.1. The molecular formula is C18H24N2. The van der Waals surface area contributed by atoms with Gasteiger partial charge >= 0.3 is 0 Å². The lowest BCUT2D eigenvalue weighted by molar-refractivity contribution is 0.831. The first kappa shape index (κ1) is 14.4. The molecule has 2 aromatic carbocycles. The maximum atomic E-state index is 3.48. The molecule has 20 heavy (non-hydrogen) atoms. The molecule has 0 aliphatic rings. The maximum absolute atomic E-state index is 3.48. The molecule has 2 rings (SSSR count). The van der Waals surface area contributed by atoms with Crippen molar-refractivity contribution in [2.45, 2.75) is 20.8 Å². The number of nitrogens with one attached hydrogen (secondary N) is 1. The van der Waals surface area contributed by atoms with Gasteiger partial charge in [0, 0.05) is 31.0 Å². The zero-order chi connectivity index (χ0) is 14.4. The summed E-state index contributed by atoms with van der Waals surface area (Å²) < 4.78 is 0. The van der Waals surface area contributed by atoms with E-state index in [0.717, 1.165) is 19.6 Å². The van der Waals surface area contributed by atoms with Crippen molar-refractivity contribution >= 4 is 11.4 Å². The van der Waals surface area contributed by atoms with E-state index in [2.05, 4.69) is 79.5 Å². The smallest absolute Gasteiger partial charge is 0.0396 e. The first-order valence-corrected chi connectivity index (χ1v) is 7.32. The Morgan fingerprint density at radius 3 is 2.30 bits per heavy atom. The van der Waals surface area contributed by atoms with Gasteiger partial charge in [-0.1, -0.05) is 35.9 Å². The zero-order valence-corrected chi connectivity index (χ0v) is 12.7. The second-order valence-electron chi connectivity index (χ2n) is 5.16. The van der Waals surface area contributed by atoms with Crippen LogP contribution in [0.3, 0.4) is 0 Å². The fourth-order valence-corrected chi connectivity index (χ4v) is 2.37. The van der Waals surface area contributed by atoms with Crippen molar-refractivity contribution in [2.24, 2.45) is 0 Å². The summed E-state index contributed by atoms with van der Waals surface area (Å²) in [5.74, 6) is 0. The number of para-hydroxylation sites is 1. The summed E-state index contributed by atoms with van der Waals surface area (Å²) in [5, 5.41) is 3.48. The summed E-state index contributed by atoms with van der Waals surface area (Å²) in [6.45, 7) is 9.48. The van der Waals surface area contributed by atoms with Gasteiger partial charge in [-0.2, -0.15) is 0 Å². The molecular weight excluding hydrogens is 244 g/mol. The van der Waals surface area contributed by atoms with E-state index in [9.17, 15) is 0 Å². The fourth-order valence-electron chi connectivity index (χ4n) is 2.37. The lowest BCUT2D eigenvalue weighted by Crippen LogP contribution is -2.29. The van der Waals surface area contributed by atoms with Crippen LogP contribution >= 0.6 is 0 Å². The number of benzene rings is 2. The van der Waals surface area contributed by atoms with Crippen molar-refractivity contribution in [2.75, 3.05) is 29.9 Å². The molecule has 0 radical (unpaired) electrons. The normalized spacial score (nSPS) is 10.3. The average molecular weight is 268 g/mol. The van der Waals surface area contributed by atoms with Crippen molar-refractivity contribution < 1.29 is 0 Å². The Morgan fingerprint density at radius 1 is 0.950 bits per heavy atom. The molecule has 2 heteroatoms. The molecule has 0 heterocycles. The Hall–Kier alpha value is -1.96. The zero-order valence-electron chi connectivity index (χ0n) is 12.7. The van der Waals surface area contributed by atoms with Gasteiger partial charge in [-0.15, -0.1) is 0 Å². The second-order valence-corrected chi connectivity index (χ2v) is 5.16. The SMILES string of the molecule is CCN(CCNc1ccc(C)cc1)c1ccccc1C. The van der Waals surface area contributed by atoms with E-state index in [0.29, 0.717) is 0 Å². The summed E-state index contributed by atoms with van der Waals surface area (Å²) in [6, 6.07) is 17.1. The first-order valence-electron chi connectivity index (χ1n) is 7.32. The van der Waals surface area contributed by atoms with Gasteiger partial charge in [0.2, 0.25) is 0 Å². The summed E-state index contributed by atoms with van der Waals surface area (Å²) in [7, 11) is 0. The minimum Gasteiger partial charge on any atom is -0.383 e. The highest BCUT2D eigenvalue weighted by Gasteiger charge is 2.05. The van der Waals surface area contributed by atoms with Gasteiger partial charge in [-0.25, -0.2) is 0 Å². The van der Waals surface area contributed by atoms with Crippen molar-refractivity contribution in [3.8, 4) is 0 Å². The first-order chi connectivity index (χ1) is 9.70. The predicted octanol–water partition coefficient (Wildman–Crippen LogP) is 4.24. The Labute approximate surface area is 122 Å². The largest absolute Gasteiger partial charge is 0.383 e. The van der Waals surface area contributed by atoms with Gasteiger partial charge in [0.1, 0.15) is 0 Å². The molecule has 0 aliphatic heterocycles. The predicted molar refractivity (Wildman–Crippen MR) is 88.7 cm³/mol. The number of hydrogen-bond donors (Lipinski definition) is 1. The highest BCUT2D eigenvalue weighted by molar-refractivity contribution is 5.53. The Morgan fingerprint density at radius 2 is 1.65 bits per heavy atom. The van der Waals surface area contributed by atoms with Crippen LogP contribution < -0.4 is 10.2 Å². The Bertz CT molecular complexity index is 531. The molecule has 0 amide bonds. The van der Waals surface area contributed by atoms with Gasteiger partial charge in [-0.05, 0) is 44.5 Å². The standard InChI is InChI=1S/C18H24N2/c1-4-20(18-8-6-5-7-16(18)3)14-13-19-17-11-9-15(2)10-12-17/h5-12,19H,4,13-14H2,1-3H3. The molecule has 0 spiro atoms. The van der Waals surface area contributed by atoms with E-state index in [1.165, 1.54) is 22.5 Å². The molecule has 0 unspecified atom stereocenters. The minimum atomic E-state index is 0.950. The van der Waals surface area contributed by atoms with Crippen molar-refractivity contribution in [3.05, 3.63) is 59.7 Å². The summed E-state index contributed by atoms with van der Waals surface area (Å²) in [6.07, 6.45) is 0. The lowest BCUT2D eigenvalue weighted by Gasteiger charge is -2.25. The van der Waals surface area contributed by atoms with Gasteiger partial charge in [-0.3, -0.25) is 0 Å². The Kier molecular flexibility index (Phi) is 5.05. The number of likely N-dealkylation sites (N-methyl/N-ethyl adjacent to an activating group) is 1. The summed E-state index contributed by atoms with van der Waals surface area (Å²) in [4.78, 5) is 2.41. The molecule has 0 fully saturated rings. The number of nitrogens with zero attached hydrogens (tertiary/aromatic N) is 1. The van der Waals surface area contributed by atoms with Crippen LogP contribution in [0.1, 0.15) is 18.1 Å². The van der Waals surface area contributed by atoms with Crippen molar-refractivity contribution in [1.29, 1.82) is 0 Å². The van der Waals surface area contributed by atoms with Crippen molar-refractivity contribution in [3.63, 3.8) is 0 Å². The molecule has 0 bridgehead atoms. The molecule has 0 aromatic heterocycles. The van der Waals surface area contributed by atoms with Crippen LogP contribution in [0.4, 0.5) is 11.4 Å². The van der Waals surface area contributed by atoms with Gasteiger partial charge in [0.15, 0.2) is 0 Å². The monoisotopic (exact) mass is 268 g/mol. The molecule has 0 saturated heterocycles. The molecule has 2 aromatic rings. The fraction of sp³-hybridized carbons (Fsp3) is 0.333. The number of rotatable bonds is 6. The lowest BCUT2D eigenvalue weighted by atomic mass is 10.2. The van der Waals surface area contributed by atoms with E-state index >= 15 is 0 Å². The minimum absolute atomic E-state index is 0.950. The third-order valence-electron chi connectivity index (χ3n) is 3.60. The quantitative estimate of drug-likeness (QED) is 0.843. The summed E-state index contributed by atoms with van der Waals surface area (Å²) in [5.41, 5.74) is 5.16. The molecule has 2 nitrogen and oxygen atoms in total. The van der Waals surface area contributed by atoms with Crippen LogP contribution in [-0.4, -0.2) is 19.6 Å². The molecule has 0 atom stereocenters. The molecule has 1 N–H and O–H groups in total. The molecule has 0 aliphatic carbocycles. The van der Waals surface area contributed by atoms with Crippen LogP contribution in [0.25, 0.3) is 0 Å². The van der Waals surface area contributed by atoms with E-state index < -0.39 is 0 Å². The maximum Gasteiger partial charge on any atom is 0.0396 e. The van der Waals surface area contributed by atoms with E-state index in [1.54, 1.807) is 0 Å². The van der Waals surface area contributed by atoms with E-state index in [4.69, 9.17) is 0 Å². The van der Waals surface area contributed by atoms with E-state index in [-0.39, 0.29) is 0 Å². The van der Waals surface area contributed by atoms with E-state index in [1.807, 2.05) is 0 Å². The molecule has 0 saturated carbocycles. The number of anilines is 2. The van der Waals surface area contributed by atoms with Crippen LogP contribution in [0.15, 0.2) is 48.5 Å². The van der Waals surface area contributed by atoms with Crippen LogP contribution in [0.2, 0.25) is 0 Å². The van der Waals surface area contributed by atoms with Crippen LogP contribution in [0.5, 0.6) is 0 Å². The van der Waals surface area contributed by atoms with Crippen molar-refractivity contribution in [1.82, 2.24) is 0 Å². The van der Waals surface area contributed by atoms with Gasteiger partial charge < -0.3 is 10.2 Å². The third kappa shape index (κ3) is 3.77. The van der Waals surface area contributed by atoms with Crippen LogP contribution in [-0.2, 0) is 0 Å². The Balaban J connectivity index is 1.91. The highest BCUT2D eigenvalue weighted by Crippen LogP contribution is 2.18. The van der Waals surface area contributed by atoms with Gasteiger partial charge in [0.05, 0.1) is 0 Å². The topological polar surface area (TPSA) is 15.3 Å². The molecule has 106 valence electrons. The number of hydrogen-bond acceptors (Lipinski definition) is 2. The third-order valence-corrected chi connectivity index (χ3v) is 3.60. The second kappa shape index (κ2) is 6.99. The average Bonchev–Trinajstić information content (AvgIpc) is 2.47. The van der Waals surface area contributed by atoms with Gasteiger partial charge in [0.25, 0.3) is 0 Å². The number of aryl methyl sites for hydroxylation is 2. The summed E-state index contributed by atoms with van der Waals surface area (Å²) >= 11 is 0. The van der Waals surface area contributed by atoms with Crippen LogP contribution in [0, 0.1) is 13.8 Å².